The second kappa shape index (κ2) is 7.37. The number of anilines is 2. The zero-order chi connectivity index (χ0) is 19.4. The van der Waals surface area contributed by atoms with E-state index >= 15 is 0 Å². The van der Waals surface area contributed by atoms with Gasteiger partial charge in [0.25, 0.3) is 0 Å². The number of benzene rings is 1. The summed E-state index contributed by atoms with van der Waals surface area (Å²) in [4.78, 5) is 8.05. The van der Waals surface area contributed by atoms with Gasteiger partial charge in [-0.1, -0.05) is 18.2 Å². The van der Waals surface area contributed by atoms with Gasteiger partial charge in [0.15, 0.2) is 5.76 Å². The highest BCUT2D eigenvalue weighted by Crippen LogP contribution is 2.30. The lowest BCUT2D eigenvalue weighted by molar-refractivity contribution is -0.137. The van der Waals surface area contributed by atoms with Gasteiger partial charge in [0.1, 0.15) is 23.1 Å². The number of alkyl halides is 3. The van der Waals surface area contributed by atoms with Crippen molar-refractivity contribution in [3.8, 4) is 17.5 Å². The van der Waals surface area contributed by atoms with Crippen molar-refractivity contribution in [1.82, 2.24) is 9.97 Å². The molecule has 0 saturated heterocycles. The van der Waals surface area contributed by atoms with Crippen LogP contribution in [0.1, 0.15) is 16.7 Å². The molecule has 3 N–H and O–H groups in total. The minimum Gasteiger partial charge on any atom is -0.463 e. The highest BCUT2D eigenvalue weighted by molar-refractivity contribution is 5.71. The summed E-state index contributed by atoms with van der Waals surface area (Å²) in [5.41, 5.74) is 5.89. The predicted octanol–water partition coefficient (Wildman–Crippen LogP) is 3.86. The molecule has 3 aromatic rings. The summed E-state index contributed by atoms with van der Waals surface area (Å²) >= 11 is 0. The molecule has 0 atom stereocenters. The van der Waals surface area contributed by atoms with Crippen LogP contribution in [0.25, 0.3) is 11.5 Å². The van der Waals surface area contributed by atoms with Crippen LogP contribution in [0.15, 0.2) is 47.1 Å². The molecule has 138 valence electrons. The largest absolute Gasteiger partial charge is 0.463 e. The van der Waals surface area contributed by atoms with Crippen molar-refractivity contribution in [2.75, 3.05) is 17.6 Å². The van der Waals surface area contributed by atoms with Gasteiger partial charge in [-0.25, -0.2) is 4.98 Å². The fraction of sp³-hybridized carbons (Fsp3) is 0.167. The summed E-state index contributed by atoms with van der Waals surface area (Å²) < 4.78 is 43.6. The van der Waals surface area contributed by atoms with Crippen LogP contribution in [0.5, 0.6) is 0 Å². The monoisotopic (exact) mass is 373 g/mol. The number of aromatic nitrogens is 2. The van der Waals surface area contributed by atoms with E-state index in [1.54, 1.807) is 18.2 Å². The van der Waals surface area contributed by atoms with Crippen LogP contribution < -0.4 is 11.1 Å². The van der Waals surface area contributed by atoms with E-state index in [-0.39, 0.29) is 29.6 Å². The average Bonchev–Trinajstić information content (AvgIpc) is 3.15. The molecule has 9 heteroatoms. The third kappa shape index (κ3) is 4.17. The van der Waals surface area contributed by atoms with Crippen LogP contribution in [-0.4, -0.2) is 16.5 Å². The van der Waals surface area contributed by atoms with Crippen LogP contribution in [0, 0.1) is 11.3 Å². The van der Waals surface area contributed by atoms with Gasteiger partial charge >= 0.3 is 6.18 Å². The second-order valence-corrected chi connectivity index (χ2v) is 5.62. The zero-order valence-electron chi connectivity index (χ0n) is 13.9. The number of nitrogens with zero attached hydrogens (tertiary/aromatic N) is 3. The molecular weight excluding hydrogens is 359 g/mol. The molecule has 0 amide bonds. The Morgan fingerprint density at radius 1 is 1.19 bits per heavy atom. The molecule has 2 aromatic heterocycles. The molecule has 2 heterocycles. The third-order valence-corrected chi connectivity index (χ3v) is 3.75. The lowest BCUT2D eigenvalue weighted by Gasteiger charge is -2.11. The van der Waals surface area contributed by atoms with Gasteiger partial charge in [-0.05, 0) is 30.2 Å². The summed E-state index contributed by atoms with van der Waals surface area (Å²) in [5.74, 6) is 0.506. The molecule has 0 aliphatic carbocycles. The standard InChI is InChI=1S/C18H14F3N5O/c19-18(20,21)12-4-1-3-11(9-12)6-7-24-16-13(10-22)15(25-17(23)26-16)14-5-2-8-27-14/h1-5,8-9H,6-7H2,(H3,23,24,25,26). The van der Waals surface area contributed by atoms with E-state index in [1.165, 1.54) is 12.3 Å². The van der Waals surface area contributed by atoms with Gasteiger partial charge in [0.2, 0.25) is 5.95 Å². The molecule has 0 unspecified atom stereocenters. The first-order valence-corrected chi connectivity index (χ1v) is 7.90. The van der Waals surface area contributed by atoms with Crippen molar-refractivity contribution >= 4 is 11.8 Å². The van der Waals surface area contributed by atoms with Gasteiger partial charge in [-0.3, -0.25) is 0 Å². The number of nitrogens with two attached hydrogens (primary N) is 1. The van der Waals surface area contributed by atoms with E-state index in [0.717, 1.165) is 12.1 Å². The molecule has 0 aliphatic heterocycles. The van der Waals surface area contributed by atoms with Crippen LogP contribution >= 0.6 is 0 Å². The van der Waals surface area contributed by atoms with Crippen molar-refractivity contribution < 1.29 is 17.6 Å². The maximum atomic E-state index is 12.8. The minimum absolute atomic E-state index is 0.0537. The molecule has 27 heavy (non-hydrogen) atoms. The Balaban J connectivity index is 1.78. The third-order valence-electron chi connectivity index (χ3n) is 3.75. The maximum absolute atomic E-state index is 12.8. The Hall–Kier alpha value is -3.54. The van der Waals surface area contributed by atoms with Crippen LogP contribution in [0.4, 0.5) is 24.9 Å². The van der Waals surface area contributed by atoms with Gasteiger partial charge in [0.05, 0.1) is 11.8 Å². The molecule has 0 bridgehead atoms. The van der Waals surface area contributed by atoms with Gasteiger partial charge in [0, 0.05) is 6.54 Å². The number of halogens is 3. The number of nitriles is 1. The van der Waals surface area contributed by atoms with E-state index in [2.05, 4.69) is 15.3 Å². The first-order valence-electron chi connectivity index (χ1n) is 7.90. The number of furan rings is 1. The summed E-state index contributed by atoms with van der Waals surface area (Å²) in [6, 6.07) is 10.4. The fourth-order valence-electron chi connectivity index (χ4n) is 2.53. The minimum atomic E-state index is -4.39. The van der Waals surface area contributed by atoms with Crippen molar-refractivity contribution in [3.05, 3.63) is 59.4 Å². The van der Waals surface area contributed by atoms with Crippen molar-refractivity contribution in [2.24, 2.45) is 0 Å². The molecule has 1 aromatic carbocycles. The van der Waals surface area contributed by atoms with Crippen LogP contribution in [0.2, 0.25) is 0 Å². The van der Waals surface area contributed by atoms with E-state index in [0.29, 0.717) is 17.7 Å². The zero-order valence-corrected chi connectivity index (χ0v) is 13.9. The first-order chi connectivity index (χ1) is 12.9. The maximum Gasteiger partial charge on any atom is 0.416 e. The number of nitrogens with one attached hydrogen (secondary N) is 1. The molecular formula is C18H14F3N5O. The highest BCUT2D eigenvalue weighted by atomic mass is 19.4. The smallest absolute Gasteiger partial charge is 0.416 e. The van der Waals surface area contributed by atoms with E-state index < -0.39 is 11.7 Å². The summed E-state index contributed by atoms with van der Waals surface area (Å²) in [5, 5.41) is 12.4. The van der Waals surface area contributed by atoms with Crippen LogP contribution in [-0.2, 0) is 12.6 Å². The Morgan fingerprint density at radius 3 is 2.67 bits per heavy atom. The number of nitrogen functional groups attached to an aromatic ring is 1. The summed E-state index contributed by atoms with van der Waals surface area (Å²) in [6.45, 7) is 0.254. The lowest BCUT2D eigenvalue weighted by Crippen LogP contribution is -2.12. The van der Waals surface area contributed by atoms with Crippen molar-refractivity contribution in [1.29, 1.82) is 5.26 Å². The van der Waals surface area contributed by atoms with Crippen LogP contribution in [0.3, 0.4) is 0 Å². The molecule has 0 saturated carbocycles. The number of hydrogen-bond acceptors (Lipinski definition) is 6. The van der Waals surface area contributed by atoms with Crippen molar-refractivity contribution in [2.45, 2.75) is 12.6 Å². The SMILES string of the molecule is N#Cc1c(NCCc2cccc(C(F)(F)F)c2)nc(N)nc1-c1ccco1. The van der Waals surface area contributed by atoms with E-state index in [1.807, 2.05) is 6.07 Å². The molecule has 0 aliphatic rings. The topological polar surface area (TPSA) is 101 Å². The Bertz CT molecular complexity index is 978. The molecule has 3 rings (SSSR count). The molecule has 0 spiro atoms. The van der Waals surface area contributed by atoms with Gasteiger partial charge in [-0.15, -0.1) is 0 Å². The number of rotatable bonds is 5. The Morgan fingerprint density at radius 2 is 2.00 bits per heavy atom. The fourth-order valence-corrected chi connectivity index (χ4v) is 2.53. The second-order valence-electron chi connectivity index (χ2n) is 5.62. The van der Waals surface area contributed by atoms with Crippen molar-refractivity contribution in [3.63, 3.8) is 0 Å². The summed E-state index contributed by atoms with van der Waals surface area (Å²) in [7, 11) is 0. The lowest BCUT2D eigenvalue weighted by atomic mass is 10.1. The number of hydrogen-bond donors (Lipinski definition) is 2. The quantitative estimate of drug-likeness (QED) is 0.704. The normalized spacial score (nSPS) is 11.2. The predicted molar refractivity (Wildman–Crippen MR) is 92.5 cm³/mol. The highest BCUT2D eigenvalue weighted by Gasteiger charge is 2.30. The molecule has 0 radical (unpaired) electrons. The Kier molecular flexibility index (Phi) is 4.98. The Labute approximate surface area is 152 Å². The van der Waals surface area contributed by atoms with E-state index in [4.69, 9.17) is 10.2 Å². The average molecular weight is 373 g/mol. The molecule has 0 fully saturated rings. The van der Waals surface area contributed by atoms with Gasteiger partial charge in [-0.2, -0.15) is 23.4 Å². The molecule has 6 nitrogen and oxygen atoms in total. The first kappa shape index (κ1) is 18.3. The van der Waals surface area contributed by atoms with Gasteiger partial charge < -0.3 is 15.5 Å². The summed E-state index contributed by atoms with van der Waals surface area (Å²) in [6.07, 6.45) is -2.65. The van der Waals surface area contributed by atoms with E-state index in [9.17, 15) is 18.4 Å².